The van der Waals surface area contributed by atoms with E-state index in [4.69, 9.17) is 14.4 Å². The minimum absolute atomic E-state index is 0. The number of fused-ring (bicyclic) bond motifs is 10. The van der Waals surface area contributed by atoms with Crippen LogP contribution in [0, 0.1) is 6.07 Å². The summed E-state index contributed by atoms with van der Waals surface area (Å²) in [5.74, 6) is 1.30. The number of para-hydroxylation sites is 3. The number of furan rings is 1. The van der Waals surface area contributed by atoms with Gasteiger partial charge in [-0.05, 0) is 97.7 Å². The summed E-state index contributed by atoms with van der Waals surface area (Å²) < 4.78 is 10.9. The molecule has 0 saturated carbocycles. The largest absolute Gasteiger partial charge is 0.507 e. The van der Waals surface area contributed by atoms with Crippen molar-refractivity contribution in [2.45, 2.75) is 91.9 Å². The van der Waals surface area contributed by atoms with Crippen LogP contribution in [0.1, 0.15) is 103 Å². The van der Waals surface area contributed by atoms with Gasteiger partial charge >= 0.3 is 0 Å². The van der Waals surface area contributed by atoms with Crippen molar-refractivity contribution in [3.63, 3.8) is 0 Å². The fourth-order valence-electron chi connectivity index (χ4n) is 10.00. The fraction of sp³-hybridized carbons (Fsp3) is 0.233. The van der Waals surface area contributed by atoms with Crippen molar-refractivity contribution < 1.29 is 30.6 Å². The van der Waals surface area contributed by atoms with Crippen LogP contribution in [0.4, 0.5) is 0 Å². The van der Waals surface area contributed by atoms with E-state index < -0.39 is 0 Å². The first kappa shape index (κ1) is 44.4. The molecule has 1 N–H and O–H groups in total. The van der Waals surface area contributed by atoms with Gasteiger partial charge in [-0.3, -0.25) is 9.55 Å². The number of phenols is 1. The molecule has 11 aromatic rings. The van der Waals surface area contributed by atoms with Crippen molar-refractivity contribution in [1.29, 1.82) is 0 Å². The number of aromatic nitrogens is 4. The summed E-state index contributed by atoms with van der Waals surface area (Å²) in [5.41, 5.74) is 15.1. The van der Waals surface area contributed by atoms with Gasteiger partial charge in [-0.2, -0.15) is 0 Å². The summed E-state index contributed by atoms with van der Waals surface area (Å²) in [6.45, 7) is 22.3. The van der Waals surface area contributed by atoms with Gasteiger partial charge in [-0.25, -0.2) is 4.98 Å². The van der Waals surface area contributed by atoms with E-state index in [-0.39, 0.29) is 49.5 Å². The minimum atomic E-state index is -0.334. The second kappa shape index (κ2) is 16.1. The van der Waals surface area contributed by atoms with E-state index in [0.29, 0.717) is 11.4 Å². The molecule has 0 aliphatic rings. The normalized spacial score (nSPS) is 12.5. The number of pyridine rings is 1. The molecule has 0 atom stereocenters. The first-order valence-electron chi connectivity index (χ1n) is 23.3. The number of hydrogen-bond donors (Lipinski definition) is 1. The third-order valence-corrected chi connectivity index (χ3v) is 13.5. The van der Waals surface area contributed by atoms with Crippen LogP contribution < -0.4 is 0 Å². The molecule has 0 aliphatic heterocycles. The van der Waals surface area contributed by atoms with Gasteiger partial charge in [-0.15, -0.1) is 6.07 Å². The Labute approximate surface area is 406 Å². The van der Waals surface area contributed by atoms with Crippen molar-refractivity contribution >= 4 is 60.3 Å². The van der Waals surface area contributed by atoms with E-state index >= 15 is 0 Å². The molecule has 4 heterocycles. The Morgan fingerprint density at radius 2 is 1.25 bits per heavy atom. The van der Waals surface area contributed by atoms with Crippen LogP contribution in [0.2, 0.25) is 0 Å². The number of benzene rings is 7. The SMILES string of the molecule is CC(C)c1cc(-c2ccccc2)cc(C(C)C)c1-n1c(-c2cc(C(C)(C)C)cc(C(C)(C)C)c2O)nc2c(-c3cn4c5ccccc5c5cc6oc7ccccc7c6[c-]c5c4n3)cccc21.[Pt]. The predicted octanol–water partition coefficient (Wildman–Crippen LogP) is 16.2. The summed E-state index contributed by atoms with van der Waals surface area (Å²) >= 11 is 0. The van der Waals surface area contributed by atoms with Crippen molar-refractivity contribution in [1.82, 2.24) is 18.9 Å². The number of aromatic hydroxyl groups is 1. The Bertz CT molecular complexity index is 3710. The van der Waals surface area contributed by atoms with Crippen molar-refractivity contribution in [3.05, 3.63) is 162 Å². The Hall–Kier alpha value is -6.49. The molecular formula is C60H55N4O2Pt-. The third-order valence-electron chi connectivity index (χ3n) is 13.5. The van der Waals surface area contributed by atoms with Gasteiger partial charge in [0, 0.05) is 43.9 Å². The van der Waals surface area contributed by atoms with Crippen molar-refractivity contribution in [2.24, 2.45) is 0 Å². The Morgan fingerprint density at radius 1 is 0.597 bits per heavy atom. The molecule has 0 aliphatic carbocycles. The molecule has 0 unspecified atom stereocenters. The average Bonchev–Trinajstić information content (AvgIpc) is 4.01. The molecule has 338 valence electrons. The summed E-state index contributed by atoms with van der Waals surface area (Å²) in [5, 5.41) is 17.7. The molecule has 0 spiro atoms. The fourth-order valence-corrected chi connectivity index (χ4v) is 10.00. The van der Waals surface area contributed by atoms with E-state index in [9.17, 15) is 5.11 Å². The van der Waals surface area contributed by atoms with E-state index in [1.165, 1.54) is 22.3 Å². The second-order valence-electron chi connectivity index (χ2n) is 20.8. The first-order chi connectivity index (χ1) is 31.6. The van der Waals surface area contributed by atoms with Crippen LogP contribution in [-0.2, 0) is 31.9 Å². The Kier molecular flexibility index (Phi) is 10.7. The van der Waals surface area contributed by atoms with Crippen LogP contribution in [0.15, 0.2) is 138 Å². The molecule has 4 aromatic heterocycles. The van der Waals surface area contributed by atoms with E-state index in [1.54, 1.807) is 0 Å². The van der Waals surface area contributed by atoms with Gasteiger partial charge in [0.05, 0.1) is 44.8 Å². The molecule has 11 rings (SSSR count). The molecule has 0 radical (unpaired) electrons. The Morgan fingerprint density at radius 3 is 1.94 bits per heavy atom. The quantitative estimate of drug-likeness (QED) is 0.133. The topological polar surface area (TPSA) is 68.5 Å². The Balaban J connectivity index is 0.00000525. The molecular weight excluding hydrogens is 1000 g/mol. The maximum Gasteiger partial charge on any atom is 0.149 e. The zero-order valence-corrected chi connectivity index (χ0v) is 42.1. The second-order valence-corrected chi connectivity index (χ2v) is 20.8. The van der Waals surface area contributed by atoms with Crippen LogP contribution in [0.3, 0.4) is 0 Å². The molecule has 7 heteroatoms. The maximum atomic E-state index is 12.6. The summed E-state index contributed by atoms with van der Waals surface area (Å²) in [6.07, 6.45) is 2.15. The number of rotatable bonds is 6. The van der Waals surface area contributed by atoms with Crippen molar-refractivity contribution in [3.8, 4) is 45.2 Å². The average molecular weight is 1060 g/mol. The van der Waals surface area contributed by atoms with Gasteiger partial charge in [0.25, 0.3) is 0 Å². The number of imidazole rings is 2. The van der Waals surface area contributed by atoms with Crippen LogP contribution in [0.25, 0.3) is 99.8 Å². The number of hydrogen-bond acceptors (Lipinski definition) is 4. The summed E-state index contributed by atoms with van der Waals surface area (Å²) in [4.78, 5) is 11.2. The number of nitrogens with zero attached hydrogens (tertiary/aromatic N) is 4. The third kappa shape index (κ3) is 7.18. The van der Waals surface area contributed by atoms with Gasteiger partial charge < -0.3 is 13.9 Å². The van der Waals surface area contributed by atoms with Crippen molar-refractivity contribution in [2.75, 3.05) is 0 Å². The zero-order valence-electron chi connectivity index (χ0n) is 39.8. The van der Waals surface area contributed by atoms with E-state index in [2.05, 4.69) is 200 Å². The van der Waals surface area contributed by atoms with Gasteiger partial charge in [0.2, 0.25) is 0 Å². The molecule has 0 amide bonds. The van der Waals surface area contributed by atoms with E-state index in [1.807, 2.05) is 18.2 Å². The standard InChI is InChI=1S/C60H55N4O2.Pt/c1-34(2)42-27-37(36-19-12-11-13-20-36)28-43(35(3)4)55(42)64-51-25-18-23-41(54(51)62-58(64)47-29-38(59(5,6)7)30-48(56(47)65)60(8,9)10)49-33-63-50-24-16-14-21-39(50)44-32-53-45(31-46(44)57(63)61-49)40-22-15-17-26-52(40)66-53;/h11-30,32-35,65H,1-10H3;/q-1;. The molecule has 67 heavy (non-hydrogen) atoms. The summed E-state index contributed by atoms with van der Waals surface area (Å²) in [6, 6.07) is 48.8. The smallest absolute Gasteiger partial charge is 0.149 e. The first-order valence-corrected chi connectivity index (χ1v) is 23.3. The summed E-state index contributed by atoms with van der Waals surface area (Å²) in [7, 11) is 0. The molecule has 0 bridgehead atoms. The zero-order chi connectivity index (χ0) is 46.0. The minimum Gasteiger partial charge on any atom is -0.507 e. The molecule has 0 fully saturated rings. The predicted molar refractivity (Wildman–Crippen MR) is 274 cm³/mol. The maximum absolute atomic E-state index is 12.6. The van der Waals surface area contributed by atoms with Gasteiger partial charge in [0.15, 0.2) is 0 Å². The van der Waals surface area contributed by atoms with Crippen LogP contribution in [-0.4, -0.2) is 24.0 Å². The van der Waals surface area contributed by atoms with Crippen LogP contribution >= 0.6 is 0 Å². The van der Waals surface area contributed by atoms with E-state index in [0.717, 1.165) is 88.4 Å². The molecule has 6 nitrogen and oxygen atoms in total. The van der Waals surface area contributed by atoms with Crippen LogP contribution in [0.5, 0.6) is 5.75 Å². The van der Waals surface area contributed by atoms with Gasteiger partial charge in [-0.1, -0.05) is 176 Å². The monoisotopic (exact) mass is 1060 g/mol. The number of phenolic OH excluding ortho intramolecular Hbond substituents is 1. The molecule has 0 saturated heterocycles. The van der Waals surface area contributed by atoms with Gasteiger partial charge in [0.1, 0.15) is 11.6 Å². The molecule has 7 aromatic carbocycles.